The Morgan fingerprint density at radius 2 is 1.95 bits per heavy atom. The fourth-order valence-electron chi connectivity index (χ4n) is 1.99. The molecule has 0 bridgehead atoms. The normalized spacial score (nSPS) is 12.4. The first-order valence-corrected chi connectivity index (χ1v) is 8.15. The van der Waals surface area contributed by atoms with Crippen LogP contribution in [0.2, 0.25) is 0 Å². The monoisotopic (exact) mass is 336 g/mol. The zero-order valence-electron chi connectivity index (χ0n) is 10.5. The van der Waals surface area contributed by atoms with Crippen LogP contribution in [0, 0.1) is 0 Å². The van der Waals surface area contributed by atoms with E-state index in [0.717, 1.165) is 9.78 Å². The third-order valence-corrected chi connectivity index (χ3v) is 5.41. The van der Waals surface area contributed by atoms with Crippen molar-refractivity contribution in [3.8, 4) is 11.5 Å². The van der Waals surface area contributed by atoms with Gasteiger partial charge in [0.25, 0.3) is 0 Å². The summed E-state index contributed by atoms with van der Waals surface area (Å²) in [5.74, 6) is 0.314. The van der Waals surface area contributed by atoms with Crippen molar-refractivity contribution in [1.82, 2.24) is 0 Å². The van der Waals surface area contributed by atoms with E-state index in [2.05, 4.69) is 0 Å². The molecule has 0 unspecified atom stereocenters. The Kier molecular flexibility index (Phi) is 3.63. The van der Waals surface area contributed by atoms with Crippen LogP contribution in [0.25, 0.3) is 0 Å². The van der Waals surface area contributed by atoms with Gasteiger partial charge in [-0.1, -0.05) is 0 Å². The summed E-state index contributed by atoms with van der Waals surface area (Å²) < 4.78 is 11.5. The predicted molar refractivity (Wildman–Crippen MR) is 75.1 cm³/mol. The van der Waals surface area contributed by atoms with E-state index in [1.54, 1.807) is 12.1 Å². The van der Waals surface area contributed by atoms with Crippen LogP contribution in [0.3, 0.4) is 0 Å². The summed E-state index contributed by atoms with van der Waals surface area (Å²) in [7, 11) is 0. The third-order valence-electron chi connectivity index (χ3n) is 2.95. The van der Waals surface area contributed by atoms with Gasteiger partial charge < -0.3 is 0 Å². The summed E-state index contributed by atoms with van der Waals surface area (Å²) in [6.07, 6.45) is 0. The van der Waals surface area contributed by atoms with Crippen LogP contribution in [0.4, 0.5) is 0 Å². The molecule has 102 valence electrons. The van der Waals surface area contributed by atoms with Crippen LogP contribution in [0.5, 0.6) is 11.5 Å². The summed E-state index contributed by atoms with van der Waals surface area (Å²) in [5, 5.41) is 10.1. The van der Waals surface area contributed by atoms with Crippen molar-refractivity contribution < 1.29 is 19.4 Å². The van der Waals surface area contributed by atoms with E-state index in [1.165, 1.54) is 5.56 Å². The minimum atomic E-state index is -0.923. The van der Waals surface area contributed by atoms with E-state index in [4.69, 9.17) is 9.47 Å². The molecule has 0 radical (unpaired) electrons. The molecule has 0 fully saturated rings. The van der Waals surface area contributed by atoms with Crippen molar-refractivity contribution in [1.29, 1.82) is 0 Å². The van der Waals surface area contributed by atoms with Gasteiger partial charge in [0, 0.05) is 0 Å². The molecule has 2 aromatic carbocycles. The molecule has 4 nitrogen and oxygen atoms in total. The van der Waals surface area contributed by atoms with E-state index < -0.39 is 5.97 Å². The number of ether oxygens (including phenoxy) is 2. The minimum absolute atomic E-state index is 0.0197. The topological polar surface area (TPSA) is 55.8 Å². The maximum atomic E-state index is 11.3. The number of hydrogen-bond donors (Lipinski definition) is 1. The Bertz CT molecular complexity index is 640. The van der Waals surface area contributed by atoms with Gasteiger partial charge in [-0.25, -0.2) is 0 Å². The van der Waals surface area contributed by atoms with E-state index in [1.807, 2.05) is 30.3 Å². The summed E-state index contributed by atoms with van der Waals surface area (Å²) in [4.78, 5) is 11.3. The Morgan fingerprint density at radius 1 is 1.15 bits per heavy atom. The maximum absolute atomic E-state index is 11.3. The van der Waals surface area contributed by atoms with Gasteiger partial charge in [-0.2, -0.15) is 0 Å². The Balaban J connectivity index is 1.91. The van der Waals surface area contributed by atoms with E-state index >= 15 is 0 Å². The Labute approximate surface area is 122 Å². The number of carboxylic acids is 1. The zero-order valence-corrected chi connectivity index (χ0v) is 12.2. The fourth-order valence-corrected chi connectivity index (χ4v) is 4.31. The second-order valence-electron chi connectivity index (χ2n) is 4.26. The number of benzene rings is 2. The van der Waals surface area contributed by atoms with E-state index in [-0.39, 0.29) is 21.7 Å². The molecule has 0 spiro atoms. The molecule has 2 aromatic rings. The predicted octanol–water partition coefficient (Wildman–Crippen LogP) is 1.64. The second kappa shape index (κ2) is 5.57. The van der Waals surface area contributed by atoms with Crippen LogP contribution >= 0.6 is 0 Å². The SMILES string of the molecule is O=C(O)c1ccc2c(c1[Se]Cc1ccccc1)OCO2. The van der Waals surface area contributed by atoms with Gasteiger partial charge in [-0.05, 0) is 0 Å². The van der Waals surface area contributed by atoms with Crippen LogP contribution in [-0.4, -0.2) is 32.8 Å². The van der Waals surface area contributed by atoms with Crippen molar-refractivity contribution in [3.63, 3.8) is 0 Å². The first-order chi connectivity index (χ1) is 9.75. The van der Waals surface area contributed by atoms with Crippen molar-refractivity contribution >= 4 is 25.4 Å². The molecule has 0 atom stereocenters. The molecule has 1 aliphatic heterocycles. The van der Waals surface area contributed by atoms with Gasteiger partial charge in [0.1, 0.15) is 0 Å². The summed E-state index contributed by atoms with van der Waals surface area (Å²) in [6.45, 7) is 0.160. The molecule has 5 heteroatoms. The average Bonchev–Trinajstić information content (AvgIpc) is 2.94. The van der Waals surface area contributed by atoms with Crippen molar-refractivity contribution in [2.75, 3.05) is 6.79 Å². The van der Waals surface area contributed by atoms with Gasteiger partial charge in [-0.3, -0.25) is 0 Å². The fraction of sp³-hybridized carbons (Fsp3) is 0.133. The number of fused-ring (bicyclic) bond motifs is 1. The molecule has 0 aromatic heterocycles. The Hall–Kier alpha value is -1.97. The van der Waals surface area contributed by atoms with Crippen LogP contribution < -0.4 is 13.9 Å². The molecule has 0 saturated heterocycles. The molecule has 1 heterocycles. The molecule has 0 aliphatic carbocycles. The van der Waals surface area contributed by atoms with Gasteiger partial charge >= 0.3 is 122 Å². The molecular weight excluding hydrogens is 323 g/mol. The first kappa shape index (κ1) is 13.0. The number of aromatic carboxylic acids is 1. The average molecular weight is 335 g/mol. The first-order valence-electron chi connectivity index (χ1n) is 6.08. The van der Waals surface area contributed by atoms with E-state index in [0.29, 0.717) is 17.1 Å². The number of carboxylic acid groups (broad SMARTS) is 1. The number of hydrogen-bond acceptors (Lipinski definition) is 3. The zero-order chi connectivity index (χ0) is 13.9. The van der Waals surface area contributed by atoms with Crippen molar-refractivity contribution in [3.05, 3.63) is 53.6 Å². The quantitative estimate of drug-likeness (QED) is 0.863. The number of carbonyl (C=O) groups is 1. The second-order valence-corrected chi connectivity index (χ2v) is 6.32. The molecule has 3 rings (SSSR count). The van der Waals surface area contributed by atoms with Gasteiger partial charge in [0.15, 0.2) is 0 Å². The molecule has 0 amide bonds. The summed E-state index contributed by atoms with van der Waals surface area (Å²) in [6, 6.07) is 13.3. The van der Waals surface area contributed by atoms with Crippen molar-refractivity contribution in [2.24, 2.45) is 0 Å². The molecule has 1 aliphatic rings. The number of rotatable bonds is 4. The van der Waals surface area contributed by atoms with Gasteiger partial charge in [-0.15, -0.1) is 0 Å². The molecule has 1 N–H and O–H groups in total. The van der Waals surface area contributed by atoms with Crippen molar-refractivity contribution in [2.45, 2.75) is 5.32 Å². The van der Waals surface area contributed by atoms with Crippen LogP contribution in [-0.2, 0) is 5.32 Å². The Morgan fingerprint density at radius 3 is 2.70 bits per heavy atom. The van der Waals surface area contributed by atoms with Crippen LogP contribution in [0.15, 0.2) is 42.5 Å². The van der Waals surface area contributed by atoms with E-state index in [9.17, 15) is 9.90 Å². The molecule has 20 heavy (non-hydrogen) atoms. The standard InChI is InChI=1S/C15H12O4Se/c16-15(17)11-6-7-12-13(19-9-18-12)14(11)20-8-10-4-2-1-3-5-10/h1-7H,8-9H2,(H,16,17). The third kappa shape index (κ3) is 2.50. The summed E-state index contributed by atoms with van der Waals surface area (Å²) >= 11 is -0.0197. The summed E-state index contributed by atoms with van der Waals surface area (Å²) in [5.41, 5.74) is 1.51. The van der Waals surface area contributed by atoms with Crippen LogP contribution in [0.1, 0.15) is 15.9 Å². The van der Waals surface area contributed by atoms with Gasteiger partial charge in [0.2, 0.25) is 0 Å². The van der Waals surface area contributed by atoms with Gasteiger partial charge in [0.05, 0.1) is 0 Å². The molecule has 0 saturated carbocycles. The molecular formula is C15H12O4Se.